The summed E-state index contributed by atoms with van der Waals surface area (Å²) in [6, 6.07) is 9.99. The van der Waals surface area contributed by atoms with Crippen LogP contribution < -0.4 is 4.74 Å². The van der Waals surface area contributed by atoms with Crippen molar-refractivity contribution in [1.82, 2.24) is 9.80 Å². The zero-order valence-corrected chi connectivity index (χ0v) is 20.3. The molecule has 1 aliphatic carbocycles. The van der Waals surface area contributed by atoms with Gasteiger partial charge in [0.15, 0.2) is 0 Å². The Hall–Kier alpha value is -2.96. The molecule has 1 heterocycles. The van der Waals surface area contributed by atoms with Gasteiger partial charge in [-0.05, 0) is 56.4 Å². The number of hydrogen-bond acceptors (Lipinski definition) is 3. The number of benzene rings is 2. The fourth-order valence-corrected chi connectivity index (χ4v) is 5.21. The maximum absolute atomic E-state index is 13.9. The predicted octanol–water partition coefficient (Wildman–Crippen LogP) is 5.83. The highest BCUT2D eigenvalue weighted by atomic mass is 19.1. The molecule has 2 amide bonds. The first-order chi connectivity index (χ1) is 16.9. The molecule has 0 aromatic heterocycles. The topological polar surface area (TPSA) is 49.9 Å². The normalized spacial score (nSPS) is 22.3. The molecular formula is C28H34F2N2O3. The Labute approximate surface area is 206 Å². The molecule has 1 fully saturated rings. The minimum Gasteiger partial charge on any atom is -0.487 e. The van der Waals surface area contributed by atoms with E-state index in [0.717, 1.165) is 76.0 Å². The summed E-state index contributed by atoms with van der Waals surface area (Å²) >= 11 is 0. The summed E-state index contributed by atoms with van der Waals surface area (Å²) in [7, 11) is 1.82. The summed E-state index contributed by atoms with van der Waals surface area (Å²) in [6.07, 6.45) is 7.70. The second-order valence-corrected chi connectivity index (χ2v) is 9.66. The molecular weight excluding hydrogens is 450 g/mol. The van der Waals surface area contributed by atoms with Gasteiger partial charge in [0.2, 0.25) is 0 Å². The fraction of sp³-hybridized carbons (Fsp3) is 0.500. The van der Waals surface area contributed by atoms with Crippen molar-refractivity contribution in [1.29, 1.82) is 0 Å². The van der Waals surface area contributed by atoms with Crippen molar-refractivity contribution in [2.75, 3.05) is 20.1 Å². The molecule has 0 unspecified atom stereocenters. The van der Waals surface area contributed by atoms with E-state index in [1.54, 1.807) is 21.9 Å². The molecule has 0 bridgehead atoms. The van der Waals surface area contributed by atoms with E-state index in [1.807, 2.05) is 19.2 Å². The summed E-state index contributed by atoms with van der Waals surface area (Å²) in [4.78, 5) is 30.2. The molecule has 2 aliphatic rings. The van der Waals surface area contributed by atoms with Gasteiger partial charge in [-0.2, -0.15) is 0 Å². The van der Waals surface area contributed by atoms with Gasteiger partial charge in [0.25, 0.3) is 11.8 Å². The molecule has 7 heteroatoms. The number of nitrogens with zero attached hydrogens (tertiary/aromatic N) is 2. The van der Waals surface area contributed by atoms with E-state index in [0.29, 0.717) is 24.4 Å². The van der Waals surface area contributed by atoms with Crippen molar-refractivity contribution >= 4 is 11.8 Å². The zero-order chi connectivity index (χ0) is 24.8. The van der Waals surface area contributed by atoms with Crippen molar-refractivity contribution < 1.29 is 23.1 Å². The standard InChI is InChI=1S/C28H34F2N2O3/c1-31-15-9-3-2-4-10-16-32(27(33)20-17-21(29)19-22(30)18-20)24-12-6-8-14-26(24)35-25-13-7-5-11-23(25)28(31)34/h5,7,11,13,17-19,24,26H,2-4,6,8-10,12,14-16H2,1H3/t24-,26+/m1/s1. The van der Waals surface area contributed by atoms with Crippen molar-refractivity contribution in [2.24, 2.45) is 0 Å². The van der Waals surface area contributed by atoms with Crippen LogP contribution in [0.5, 0.6) is 5.75 Å². The van der Waals surface area contributed by atoms with Gasteiger partial charge in [-0.3, -0.25) is 9.59 Å². The summed E-state index contributed by atoms with van der Waals surface area (Å²) in [5.41, 5.74) is 0.529. The lowest BCUT2D eigenvalue weighted by molar-refractivity contribution is 0.0270. The summed E-state index contributed by atoms with van der Waals surface area (Å²) in [5, 5.41) is 0. The fourth-order valence-electron chi connectivity index (χ4n) is 5.21. The summed E-state index contributed by atoms with van der Waals surface area (Å²) in [6.45, 7) is 1.18. The van der Waals surface area contributed by atoms with E-state index in [4.69, 9.17) is 4.74 Å². The third-order valence-corrected chi connectivity index (χ3v) is 7.07. The van der Waals surface area contributed by atoms with Gasteiger partial charge in [0.1, 0.15) is 23.5 Å². The molecule has 2 aromatic carbocycles. The Morgan fingerprint density at radius 1 is 0.886 bits per heavy atom. The maximum atomic E-state index is 13.9. The molecule has 0 radical (unpaired) electrons. The highest BCUT2D eigenvalue weighted by molar-refractivity contribution is 5.97. The summed E-state index contributed by atoms with van der Waals surface area (Å²) in [5.74, 6) is -1.47. The van der Waals surface area contributed by atoms with Crippen molar-refractivity contribution in [2.45, 2.75) is 69.9 Å². The molecule has 188 valence electrons. The zero-order valence-electron chi connectivity index (χ0n) is 20.3. The van der Waals surface area contributed by atoms with Crippen LogP contribution >= 0.6 is 0 Å². The summed E-state index contributed by atoms with van der Waals surface area (Å²) < 4.78 is 34.3. The number of carbonyl (C=O) groups excluding carboxylic acids is 2. The van der Waals surface area contributed by atoms with Gasteiger partial charge < -0.3 is 14.5 Å². The van der Waals surface area contributed by atoms with Crippen molar-refractivity contribution in [3.05, 3.63) is 65.2 Å². The quantitative estimate of drug-likeness (QED) is 0.512. The Morgan fingerprint density at radius 2 is 1.54 bits per heavy atom. The van der Waals surface area contributed by atoms with E-state index in [1.165, 1.54) is 0 Å². The van der Waals surface area contributed by atoms with Crippen LogP contribution in [0.3, 0.4) is 0 Å². The van der Waals surface area contributed by atoms with Crippen LogP contribution in [0.2, 0.25) is 0 Å². The van der Waals surface area contributed by atoms with Gasteiger partial charge in [0.05, 0.1) is 11.6 Å². The van der Waals surface area contributed by atoms with Crippen LogP contribution in [-0.4, -0.2) is 53.9 Å². The van der Waals surface area contributed by atoms with E-state index in [9.17, 15) is 18.4 Å². The molecule has 0 spiro atoms. The minimum atomic E-state index is -0.764. The number of hydrogen-bond donors (Lipinski definition) is 0. The first-order valence-electron chi connectivity index (χ1n) is 12.7. The molecule has 2 atom stereocenters. The number of halogens is 2. The average Bonchev–Trinajstić information content (AvgIpc) is 2.85. The monoisotopic (exact) mass is 484 g/mol. The minimum absolute atomic E-state index is 0.0157. The van der Waals surface area contributed by atoms with Crippen molar-refractivity contribution in [3.8, 4) is 5.75 Å². The molecule has 5 nitrogen and oxygen atoms in total. The molecule has 2 aromatic rings. The first-order valence-corrected chi connectivity index (χ1v) is 12.7. The first kappa shape index (κ1) is 25.1. The number of carbonyl (C=O) groups is 2. The van der Waals surface area contributed by atoms with Gasteiger partial charge in [-0.1, -0.05) is 37.8 Å². The van der Waals surface area contributed by atoms with Gasteiger partial charge in [0, 0.05) is 31.8 Å². The lowest BCUT2D eigenvalue weighted by Crippen LogP contribution is -2.51. The van der Waals surface area contributed by atoms with E-state index >= 15 is 0 Å². The molecule has 35 heavy (non-hydrogen) atoms. The van der Waals surface area contributed by atoms with E-state index in [2.05, 4.69) is 0 Å². The Bertz CT molecular complexity index is 1020. The second kappa shape index (κ2) is 11.6. The molecule has 4 rings (SSSR count). The van der Waals surface area contributed by atoms with Crippen LogP contribution in [0.4, 0.5) is 8.78 Å². The average molecular weight is 485 g/mol. The van der Waals surface area contributed by atoms with Gasteiger partial charge >= 0.3 is 0 Å². The molecule has 1 aliphatic heterocycles. The lowest BCUT2D eigenvalue weighted by Gasteiger charge is -2.40. The van der Waals surface area contributed by atoms with Crippen LogP contribution in [-0.2, 0) is 0 Å². The van der Waals surface area contributed by atoms with E-state index in [-0.39, 0.29) is 29.5 Å². The highest BCUT2D eigenvalue weighted by Crippen LogP contribution is 2.31. The highest BCUT2D eigenvalue weighted by Gasteiger charge is 2.35. The Morgan fingerprint density at radius 3 is 2.31 bits per heavy atom. The van der Waals surface area contributed by atoms with Crippen LogP contribution in [0.15, 0.2) is 42.5 Å². The van der Waals surface area contributed by atoms with Crippen LogP contribution in [0.1, 0.15) is 78.5 Å². The number of amides is 2. The van der Waals surface area contributed by atoms with Crippen LogP contribution in [0, 0.1) is 11.6 Å². The predicted molar refractivity (Wildman–Crippen MR) is 131 cm³/mol. The number of ether oxygens (including phenoxy) is 1. The van der Waals surface area contributed by atoms with Crippen molar-refractivity contribution in [3.63, 3.8) is 0 Å². The molecule has 1 saturated carbocycles. The smallest absolute Gasteiger partial charge is 0.257 e. The number of fused-ring (bicyclic) bond motifs is 2. The third-order valence-electron chi connectivity index (χ3n) is 7.07. The molecule has 0 saturated heterocycles. The van der Waals surface area contributed by atoms with Gasteiger partial charge in [-0.15, -0.1) is 0 Å². The number of para-hydroxylation sites is 1. The van der Waals surface area contributed by atoms with Crippen LogP contribution in [0.25, 0.3) is 0 Å². The van der Waals surface area contributed by atoms with Gasteiger partial charge in [-0.25, -0.2) is 8.78 Å². The lowest BCUT2D eigenvalue weighted by atomic mass is 9.90. The SMILES string of the molecule is CN1CCCCCCCN(C(=O)c2cc(F)cc(F)c2)[C@@H]2CCCC[C@@H]2Oc2ccccc2C1=O. The Balaban J connectivity index is 1.68. The van der Waals surface area contributed by atoms with E-state index < -0.39 is 11.6 Å². The maximum Gasteiger partial charge on any atom is 0.257 e. The number of rotatable bonds is 1. The largest absolute Gasteiger partial charge is 0.487 e. The Kier molecular flexibility index (Phi) is 8.37. The second-order valence-electron chi connectivity index (χ2n) is 9.66. The third kappa shape index (κ3) is 6.19. The molecule has 0 N–H and O–H groups in total.